The summed E-state index contributed by atoms with van der Waals surface area (Å²) in [5.41, 5.74) is 0. The van der Waals surface area contributed by atoms with Gasteiger partial charge in [-0.15, -0.1) is 0 Å². The van der Waals surface area contributed by atoms with Crippen LogP contribution in [-0.4, -0.2) is 42.1 Å². The van der Waals surface area contributed by atoms with Crippen molar-refractivity contribution in [1.82, 2.24) is 0 Å². The molecule has 2 aliphatic rings. The van der Waals surface area contributed by atoms with Crippen LogP contribution in [0, 0.1) is 11.8 Å². The van der Waals surface area contributed by atoms with E-state index in [-0.39, 0.29) is 18.0 Å². The van der Waals surface area contributed by atoms with E-state index in [1.54, 1.807) is 27.7 Å². The lowest BCUT2D eigenvalue weighted by molar-refractivity contribution is -0.164. The average molecular weight is 296 g/mol. The van der Waals surface area contributed by atoms with E-state index in [9.17, 15) is 14.4 Å². The Balaban J connectivity index is 2.26. The fourth-order valence-corrected chi connectivity index (χ4v) is 2.60. The number of rotatable bonds is 4. The molecular formula is C15H20O6. The van der Waals surface area contributed by atoms with Gasteiger partial charge in [-0.05, 0) is 33.8 Å². The molecule has 0 N–H and O–H groups in total. The van der Waals surface area contributed by atoms with Gasteiger partial charge in [0.1, 0.15) is 17.9 Å². The highest BCUT2D eigenvalue weighted by molar-refractivity contribution is 6.00. The average Bonchev–Trinajstić information content (AvgIpc) is 2.67. The molecule has 0 radical (unpaired) electrons. The molecule has 0 unspecified atom stereocenters. The van der Waals surface area contributed by atoms with Gasteiger partial charge in [0.15, 0.2) is 5.78 Å². The lowest BCUT2D eigenvalue weighted by atomic mass is 9.87. The molecule has 0 aliphatic carbocycles. The second kappa shape index (κ2) is 5.97. The first-order valence-electron chi connectivity index (χ1n) is 7.09. The summed E-state index contributed by atoms with van der Waals surface area (Å²) in [6.45, 7) is 6.87. The number of ether oxygens (including phenoxy) is 3. The van der Waals surface area contributed by atoms with Crippen molar-refractivity contribution in [2.24, 2.45) is 11.8 Å². The van der Waals surface area contributed by atoms with Crippen LogP contribution in [0.25, 0.3) is 0 Å². The zero-order valence-corrected chi connectivity index (χ0v) is 12.6. The summed E-state index contributed by atoms with van der Waals surface area (Å²) >= 11 is 0. The predicted molar refractivity (Wildman–Crippen MR) is 72.2 cm³/mol. The highest BCUT2D eigenvalue weighted by Gasteiger charge is 2.56. The second-order valence-corrected chi connectivity index (χ2v) is 5.81. The van der Waals surface area contributed by atoms with E-state index >= 15 is 0 Å². The molecule has 1 fully saturated rings. The Morgan fingerprint density at radius 3 is 2.10 bits per heavy atom. The first-order valence-corrected chi connectivity index (χ1v) is 7.09. The molecule has 6 nitrogen and oxygen atoms in total. The first kappa shape index (κ1) is 15.7. The molecule has 0 saturated carbocycles. The fourth-order valence-electron chi connectivity index (χ4n) is 2.60. The van der Waals surface area contributed by atoms with E-state index in [0.717, 1.165) is 0 Å². The highest BCUT2D eigenvalue weighted by atomic mass is 16.6. The lowest BCUT2D eigenvalue weighted by Crippen LogP contribution is -2.39. The first-order chi connectivity index (χ1) is 9.81. The molecular weight excluding hydrogens is 276 g/mol. The van der Waals surface area contributed by atoms with Crippen LogP contribution >= 0.6 is 0 Å². The number of hydrogen-bond donors (Lipinski definition) is 0. The van der Waals surface area contributed by atoms with Crippen molar-refractivity contribution in [2.75, 3.05) is 0 Å². The minimum atomic E-state index is -0.962. The number of fused-ring (bicyclic) bond motifs is 2. The maximum Gasteiger partial charge on any atom is 0.313 e. The number of ketones is 1. The van der Waals surface area contributed by atoms with Gasteiger partial charge in [-0.1, -0.05) is 6.08 Å². The molecule has 4 atom stereocenters. The van der Waals surface area contributed by atoms with Gasteiger partial charge >= 0.3 is 11.9 Å². The summed E-state index contributed by atoms with van der Waals surface area (Å²) in [7, 11) is 0. The van der Waals surface area contributed by atoms with Gasteiger partial charge in [-0.25, -0.2) is 0 Å². The summed E-state index contributed by atoms with van der Waals surface area (Å²) < 4.78 is 15.9. The number of hydrogen-bond acceptors (Lipinski definition) is 6. The van der Waals surface area contributed by atoms with Crippen LogP contribution in [0.4, 0.5) is 0 Å². The van der Waals surface area contributed by atoms with E-state index in [0.29, 0.717) is 0 Å². The molecule has 0 spiro atoms. The van der Waals surface area contributed by atoms with Crippen molar-refractivity contribution in [1.29, 1.82) is 0 Å². The Labute approximate surface area is 123 Å². The van der Waals surface area contributed by atoms with Crippen molar-refractivity contribution < 1.29 is 28.6 Å². The molecule has 0 aromatic heterocycles. The molecule has 0 aromatic rings. The molecule has 6 heteroatoms. The normalized spacial score (nSPS) is 30.9. The standard InChI is InChI=1S/C15H20O6/c1-7(2)19-14(17)11-10-6-5-9(16)13(21-10)12(11)15(18)20-8(3)4/h5-8,10-13H,1-4H3/t10-,11+,12-,13+/m0/s1. The van der Waals surface area contributed by atoms with E-state index in [1.807, 2.05) is 0 Å². The van der Waals surface area contributed by atoms with Gasteiger partial charge in [0.05, 0.1) is 18.3 Å². The van der Waals surface area contributed by atoms with Gasteiger partial charge in [-0.2, -0.15) is 0 Å². The van der Waals surface area contributed by atoms with E-state index in [2.05, 4.69) is 0 Å². The quantitative estimate of drug-likeness (QED) is 0.721. The summed E-state index contributed by atoms with van der Waals surface area (Å²) in [5.74, 6) is -3.25. The van der Waals surface area contributed by atoms with E-state index in [1.165, 1.54) is 12.2 Å². The van der Waals surface area contributed by atoms with E-state index < -0.39 is 36.0 Å². The van der Waals surface area contributed by atoms with E-state index in [4.69, 9.17) is 14.2 Å². The minimum Gasteiger partial charge on any atom is -0.463 e. The van der Waals surface area contributed by atoms with Gasteiger partial charge in [0.25, 0.3) is 0 Å². The third-order valence-corrected chi connectivity index (χ3v) is 3.35. The third-order valence-electron chi connectivity index (χ3n) is 3.35. The topological polar surface area (TPSA) is 78.9 Å². The van der Waals surface area contributed by atoms with Crippen molar-refractivity contribution in [2.45, 2.75) is 52.1 Å². The van der Waals surface area contributed by atoms with Crippen LogP contribution in [0.5, 0.6) is 0 Å². The molecule has 2 aliphatic heterocycles. The van der Waals surface area contributed by atoms with Gasteiger partial charge < -0.3 is 14.2 Å². The van der Waals surface area contributed by atoms with Crippen LogP contribution in [-0.2, 0) is 28.6 Å². The zero-order chi connectivity index (χ0) is 15.7. The largest absolute Gasteiger partial charge is 0.463 e. The van der Waals surface area contributed by atoms with Crippen molar-refractivity contribution >= 4 is 17.7 Å². The van der Waals surface area contributed by atoms with Crippen LogP contribution < -0.4 is 0 Å². The zero-order valence-electron chi connectivity index (χ0n) is 12.6. The summed E-state index contributed by atoms with van der Waals surface area (Å²) in [5, 5.41) is 0. The molecule has 1 saturated heterocycles. The number of esters is 2. The van der Waals surface area contributed by atoms with Gasteiger partial charge in [0.2, 0.25) is 0 Å². The molecule has 2 heterocycles. The van der Waals surface area contributed by atoms with Crippen molar-refractivity contribution in [3.8, 4) is 0 Å². The van der Waals surface area contributed by atoms with Crippen molar-refractivity contribution in [3.05, 3.63) is 12.2 Å². The van der Waals surface area contributed by atoms with Crippen LogP contribution in [0.3, 0.4) is 0 Å². The lowest BCUT2D eigenvalue weighted by Gasteiger charge is -2.21. The maximum atomic E-state index is 12.3. The maximum absolute atomic E-state index is 12.3. The Morgan fingerprint density at radius 2 is 1.57 bits per heavy atom. The van der Waals surface area contributed by atoms with Gasteiger partial charge in [-0.3, -0.25) is 14.4 Å². The summed E-state index contributed by atoms with van der Waals surface area (Å²) in [4.78, 5) is 36.4. The fraction of sp³-hybridized carbons (Fsp3) is 0.667. The SMILES string of the molecule is CC(C)OC(=O)[C@H]1[C@H](C(=O)OC(C)C)[C@@H]2O[C@H]1C=CC2=O. The van der Waals surface area contributed by atoms with Crippen LogP contribution in [0.1, 0.15) is 27.7 Å². The molecule has 2 rings (SSSR count). The second-order valence-electron chi connectivity index (χ2n) is 5.81. The number of carbonyl (C=O) groups is 3. The Bertz CT molecular complexity index is 479. The third kappa shape index (κ3) is 3.15. The van der Waals surface area contributed by atoms with Crippen LogP contribution in [0.15, 0.2) is 12.2 Å². The molecule has 2 bridgehead atoms. The Kier molecular flexibility index (Phi) is 4.46. The minimum absolute atomic E-state index is 0.306. The van der Waals surface area contributed by atoms with Crippen molar-refractivity contribution in [3.63, 3.8) is 0 Å². The van der Waals surface area contributed by atoms with Crippen LogP contribution in [0.2, 0.25) is 0 Å². The van der Waals surface area contributed by atoms with Gasteiger partial charge in [0, 0.05) is 0 Å². The molecule has 0 aromatic carbocycles. The smallest absolute Gasteiger partial charge is 0.313 e. The molecule has 21 heavy (non-hydrogen) atoms. The monoisotopic (exact) mass is 296 g/mol. The summed E-state index contributed by atoms with van der Waals surface area (Å²) in [6, 6.07) is 0. The molecule has 116 valence electrons. The summed E-state index contributed by atoms with van der Waals surface area (Å²) in [6.07, 6.45) is 0.645. The molecule has 0 amide bonds. The Hall–Kier alpha value is -1.69. The predicted octanol–water partition coefficient (Wildman–Crippen LogP) is 1.03. The highest BCUT2D eigenvalue weighted by Crippen LogP contribution is 2.39. The Morgan fingerprint density at radius 1 is 1.05 bits per heavy atom. The number of carbonyl (C=O) groups excluding carboxylic acids is 3.